The Hall–Kier alpha value is -1.95. The number of nitrogens with zero attached hydrogens (tertiary/aromatic N) is 3. The Morgan fingerprint density at radius 2 is 2.13 bits per heavy atom. The predicted molar refractivity (Wildman–Crippen MR) is 86.0 cm³/mol. The average Bonchev–Trinajstić information content (AvgIpc) is 3.27. The Labute approximate surface area is 135 Å². The van der Waals surface area contributed by atoms with E-state index in [0.29, 0.717) is 29.0 Å². The van der Waals surface area contributed by atoms with Gasteiger partial charge in [-0.3, -0.25) is 9.63 Å². The molecule has 1 aliphatic carbocycles. The third-order valence-corrected chi connectivity index (χ3v) is 4.02. The van der Waals surface area contributed by atoms with E-state index in [4.69, 9.17) is 9.36 Å². The lowest BCUT2D eigenvalue weighted by atomic mass is 9.89. The number of hydroxylamine groups is 2. The Balaban J connectivity index is 2.15. The fourth-order valence-corrected chi connectivity index (χ4v) is 2.66. The molecule has 1 saturated carbocycles. The Morgan fingerprint density at radius 3 is 2.70 bits per heavy atom. The summed E-state index contributed by atoms with van der Waals surface area (Å²) in [5.74, 6) is 0.218. The van der Waals surface area contributed by atoms with Crippen LogP contribution in [0.5, 0.6) is 0 Å². The minimum atomic E-state index is -0.208. The van der Waals surface area contributed by atoms with Crippen LogP contribution in [0.4, 0.5) is 0 Å². The van der Waals surface area contributed by atoms with Gasteiger partial charge in [0.1, 0.15) is 0 Å². The summed E-state index contributed by atoms with van der Waals surface area (Å²) in [6.07, 6.45) is 2.92. The van der Waals surface area contributed by atoms with Crippen LogP contribution in [0.1, 0.15) is 61.3 Å². The van der Waals surface area contributed by atoms with Gasteiger partial charge in [0.25, 0.3) is 11.6 Å². The first-order valence-electron chi connectivity index (χ1n) is 7.91. The van der Waals surface area contributed by atoms with Crippen molar-refractivity contribution in [1.29, 1.82) is 0 Å². The Kier molecular flexibility index (Phi) is 3.88. The number of carbonyl (C=O) groups excluding carboxylic acids is 1. The van der Waals surface area contributed by atoms with Crippen molar-refractivity contribution >= 4 is 17.0 Å². The number of hydrogen-bond donors (Lipinski definition) is 0. The molecule has 0 bridgehead atoms. The minimum absolute atomic E-state index is 0.0342. The van der Waals surface area contributed by atoms with Gasteiger partial charge in [-0.05, 0) is 30.7 Å². The first kappa shape index (κ1) is 15.9. The van der Waals surface area contributed by atoms with Gasteiger partial charge in [0.05, 0.1) is 23.8 Å². The molecule has 1 amide bonds. The maximum Gasteiger partial charge on any atom is 0.278 e. The lowest BCUT2D eigenvalue weighted by Gasteiger charge is -2.17. The fraction of sp³-hybridized carbons (Fsp3) is 0.588. The highest BCUT2D eigenvalue weighted by molar-refractivity contribution is 6.05. The maximum atomic E-state index is 12.7. The van der Waals surface area contributed by atoms with Crippen LogP contribution in [0, 0.1) is 5.41 Å². The van der Waals surface area contributed by atoms with Crippen molar-refractivity contribution in [2.24, 2.45) is 5.41 Å². The fourth-order valence-electron chi connectivity index (χ4n) is 2.66. The van der Waals surface area contributed by atoms with Crippen LogP contribution in [0.15, 0.2) is 10.6 Å². The summed E-state index contributed by atoms with van der Waals surface area (Å²) in [6.45, 7) is 6.38. The summed E-state index contributed by atoms with van der Waals surface area (Å²) in [4.78, 5) is 22.3. The van der Waals surface area contributed by atoms with Gasteiger partial charge in [-0.15, -0.1) is 0 Å². The second kappa shape index (κ2) is 5.60. The zero-order valence-electron chi connectivity index (χ0n) is 14.3. The van der Waals surface area contributed by atoms with Crippen LogP contribution in [0.25, 0.3) is 11.1 Å². The molecule has 2 aromatic heterocycles. The molecule has 2 heterocycles. The normalized spacial score (nSPS) is 15.2. The smallest absolute Gasteiger partial charge is 0.278 e. The third-order valence-electron chi connectivity index (χ3n) is 4.02. The topological polar surface area (TPSA) is 68.5 Å². The zero-order chi connectivity index (χ0) is 16.8. The van der Waals surface area contributed by atoms with E-state index < -0.39 is 0 Å². The number of rotatable bonds is 4. The number of fused-ring (bicyclic) bond motifs is 1. The molecule has 0 aliphatic heterocycles. The minimum Gasteiger partial charge on any atom is -0.336 e. The summed E-state index contributed by atoms with van der Waals surface area (Å²) >= 11 is 0. The van der Waals surface area contributed by atoms with Crippen molar-refractivity contribution < 1.29 is 14.2 Å². The van der Waals surface area contributed by atoms with E-state index in [9.17, 15) is 4.79 Å². The van der Waals surface area contributed by atoms with Gasteiger partial charge in [-0.2, -0.15) is 0 Å². The highest BCUT2D eigenvalue weighted by Gasteiger charge is 2.30. The summed E-state index contributed by atoms with van der Waals surface area (Å²) in [5, 5.41) is 6.11. The van der Waals surface area contributed by atoms with Gasteiger partial charge in [-0.1, -0.05) is 25.9 Å². The number of aromatic nitrogens is 2. The molecule has 0 N–H and O–H groups in total. The second-order valence-electron chi connectivity index (χ2n) is 7.40. The summed E-state index contributed by atoms with van der Waals surface area (Å²) in [5.41, 5.74) is 2.72. The van der Waals surface area contributed by atoms with E-state index in [-0.39, 0.29) is 11.3 Å². The predicted octanol–water partition coefficient (Wildman–Crippen LogP) is 3.32. The van der Waals surface area contributed by atoms with Crippen LogP contribution >= 0.6 is 0 Å². The molecule has 23 heavy (non-hydrogen) atoms. The molecule has 0 unspecified atom stereocenters. The molecule has 0 radical (unpaired) electrons. The van der Waals surface area contributed by atoms with Crippen LogP contribution in [-0.4, -0.2) is 35.3 Å². The van der Waals surface area contributed by atoms with Crippen molar-refractivity contribution in [3.8, 4) is 0 Å². The van der Waals surface area contributed by atoms with E-state index in [2.05, 4.69) is 30.9 Å². The number of hydrogen-bond acceptors (Lipinski definition) is 5. The first-order chi connectivity index (χ1) is 10.8. The maximum absolute atomic E-state index is 12.7. The van der Waals surface area contributed by atoms with Gasteiger partial charge in [0.15, 0.2) is 0 Å². The SMILES string of the molecule is CON(C)C(=O)c1cc(C2CC2)nc2onc(CC(C)(C)C)c12. The quantitative estimate of drug-likeness (QED) is 0.809. The van der Waals surface area contributed by atoms with Crippen molar-refractivity contribution in [2.75, 3.05) is 14.2 Å². The van der Waals surface area contributed by atoms with Gasteiger partial charge in [-0.25, -0.2) is 10.0 Å². The Morgan fingerprint density at radius 1 is 1.43 bits per heavy atom. The lowest BCUT2D eigenvalue weighted by molar-refractivity contribution is -0.0755. The monoisotopic (exact) mass is 317 g/mol. The Bertz CT molecular complexity index is 741. The molecule has 1 aliphatic rings. The molecule has 1 fully saturated rings. The third kappa shape index (κ3) is 3.22. The van der Waals surface area contributed by atoms with Gasteiger partial charge in [0, 0.05) is 18.7 Å². The average molecular weight is 317 g/mol. The number of amides is 1. The van der Waals surface area contributed by atoms with Crippen LogP contribution < -0.4 is 0 Å². The zero-order valence-corrected chi connectivity index (χ0v) is 14.3. The molecule has 0 saturated heterocycles. The molecule has 2 aromatic rings. The molecule has 0 atom stereocenters. The van der Waals surface area contributed by atoms with Gasteiger partial charge in [0.2, 0.25) is 0 Å². The molecular formula is C17H23N3O3. The van der Waals surface area contributed by atoms with Crippen molar-refractivity contribution in [3.63, 3.8) is 0 Å². The number of carbonyl (C=O) groups is 1. The standard InChI is InChI=1S/C17H23N3O3/c1-17(2,3)9-13-14-11(16(21)20(4)22-5)8-12(10-6-7-10)18-15(14)23-19-13/h8,10H,6-7,9H2,1-5H3. The molecule has 6 heteroatoms. The first-order valence-corrected chi connectivity index (χ1v) is 7.91. The summed E-state index contributed by atoms with van der Waals surface area (Å²) < 4.78 is 5.45. The van der Waals surface area contributed by atoms with E-state index >= 15 is 0 Å². The van der Waals surface area contributed by atoms with E-state index in [1.165, 1.54) is 12.2 Å². The van der Waals surface area contributed by atoms with Crippen LogP contribution in [0.3, 0.4) is 0 Å². The second-order valence-corrected chi connectivity index (χ2v) is 7.40. The largest absolute Gasteiger partial charge is 0.336 e. The van der Waals surface area contributed by atoms with Gasteiger partial charge < -0.3 is 4.52 Å². The highest BCUT2D eigenvalue weighted by Crippen LogP contribution is 2.41. The van der Waals surface area contributed by atoms with Crippen LogP contribution in [0.2, 0.25) is 0 Å². The molecule has 6 nitrogen and oxygen atoms in total. The molecule has 0 spiro atoms. The highest BCUT2D eigenvalue weighted by atomic mass is 16.7. The number of pyridine rings is 1. The lowest BCUT2D eigenvalue weighted by Crippen LogP contribution is -2.26. The van der Waals surface area contributed by atoms with E-state index in [1.807, 2.05) is 6.07 Å². The van der Waals surface area contributed by atoms with E-state index in [1.54, 1.807) is 7.05 Å². The summed E-state index contributed by atoms with van der Waals surface area (Å²) in [6, 6.07) is 1.88. The molecule has 0 aromatic carbocycles. The van der Waals surface area contributed by atoms with Crippen molar-refractivity contribution in [2.45, 2.75) is 46.0 Å². The molecule has 124 valence electrons. The molecular weight excluding hydrogens is 294 g/mol. The summed E-state index contributed by atoms with van der Waals surface area (Å²) in [7, 11) is 3.07. The molecule has 3 rings (SSSR count). The van der Waals surface area contributed by atoms with Gasteiger partial charge >= 0.3 is 0 Å². The van der Waals surface area contributed by atoms with E-state index in [0.717, 1.165) is 24.2 Å². The van der Waals surface area contributed by atoms with Crippen molar-refractivity contribution in [3.05, 3.63) is 23.0 Å². The van der Waals surface area contributed by atoms with Crippen molar-refractivity contribution in [1.82, 2.24) is 15.2 Å². The van der Waals surface area contributed by atoms with Crippen LogP contribution in [-0.2, 0) is 11.3 Å².